The van der Waals surface area contributed by atoms with Crippen molar-refractivity contribution in [1.29, 1.82) is 0 Å². The first-order chi connectivity index (χ1) is 12.7. The summed E-state index contributed by atoms with van der Waals surface area (Å²) in [6.45, 7) is 2.41. The molecule has 1 saturated carbocycles. The maximum Gasteiger partial charge on any atom is 0.115 e. The number of aromatic hydroxyl groups is 1. The summed E-state index contributed by atoms with van der Waals surface area (Å²) in [6, 6.07) is 19.0. The van der Waals surface area contributed by atoms with Crippen molar-refractivity contribution < 1.29 is 10.2 Å². The Bertz CT molecular complexity index is 732. The number of aliphatic hydroxyl groups excluding tert-OH is 1. The van der Waals surface area contributed by atoms with E-state index in [0.717, 1.165) is 45.2 Å². The largest absolute Gasteiger partial charge is 0.508 e. The Morgan fingerprint density at radius 2 is 1.88 bits per heavy atom. The summed E-state index contributed by atoms with van der Waals surface area (Å²) in [5.74, 6) is 0.737. The van der Waals surface area contributed by atoms with E-state index in [2.05, 4.69) is 41.3 Å². The number of phenols is 1. The standard InChI is InChI=1S/C23H29NO2/c25-17-19-9-11-23(20-7-4-8-21(26)15-20)12-14-24(22(19)16-23)13-10-18-5-2-1-3-6-18/h1-8,15,19,22,25-26H,9-14,16-17H2/t19-,22-,23+/m0/s1. The summed E-state index contributed by atoms with van der Waals surface area (Å²) in [4.78, 5) is 2.61. The topological polar surface area (TPSA) is 43.7 Å². The third-order valence-corrected chi connectivity index (χ3v) is 6.71. The van der Waals surface area contributed by atoms with Gasteiger partial charge < -0.3 is 10.2 Å². The van der Waals surface area contributed by atoms with E-state index in [-0.39, 0.29) is 12.0 Å². The molecule has 2 bridgehead atoms. The van der Waals surface area contributed by atoms with Crippen LogP contribution in [0.1, 0.15) is 36.8 Å². The smallest absolute Gasteiger partial charge is 0.115 e. The highest BCUT2D eigenvalue weighted by Gasteiger charge is 2.47. The van der Waals surface area contributed by atoms with Gasteiger partial charge in [0.25, 0.3) is 0 Å². The maximum absolute atomic E-state index is 9.95. The third kappa shape index (κ3) is 3.38. The molecule has 3 nitrogen and oxygen atoms in total. The number of nitrogens with zero attached hydrogens (tertiary/aromatic N) is 1. The molecule has 4 rings (SSSR count). The van der Waals surface area contributed by atoms with E-state index in [1.165, 1.54) is 11.1 Å². The number of piperidine rings is 1. The molecule has 0 amide bonds. The van der Waals surface area contributed by atoms with E-state index in [1.807, 2.05) is 12.1 Å². The summed E-state index contributed by atoms with van der Waals surface area (Å²) < 4.78 is 0. The van der Waals surface area contributed by atoms with Crippen LogP contribution in [0.4, 0.5) is 0 Å². The van der Waals surface area contributed by atoms with Gasteiger partial charge in [-0.05, 0) is 73.2 Å². The highest BCUT2D eigenvalue weighted by molar-refractivity contribution is 5.34. The number of phenolic OH excluding ortho intramolecular Hbond substituents is 1. The average molecular weight is 351 g/mol. The second kappa shape index (κ2) is 7.42. The van der Waals surface area contributed by atoms with Gasteiger partial charge in [-0.2, -0.15) is 0 Å². The van der Waals surface area contributed by atoms with Crippen LogP contribution in [0.2, 0.25) is 0 Å². The first-order valence-corrected chi connectivity index (χ1v) is 9.88. The lowest BCUT2D eigenvalue weighted by Gasteiger charge is -2.54. The first kappa shape index (κ1) is 17.6. The Labute approximate surface area is 156 Å². The SMILES string of the molecule is OC[C@@H]1CC[C@@]2(c3cccc(O)c3)CCN(CCc3ccccc3)[C@H]1C2. The molecule has 138 valence electrons. The molecule has 2 N–H and O–H groups in total. The average Bonchev–Trinajstić information content (AvgIpc) is 2.69. The summed E-state index contributed by atoms with van der Waals surface area (Å²) in [7, 11) is 0. The summed E-state index contributed by atoms with van der Waals surface area (Å²) in [5.41, 5.74) is 2.83. The number of likely N-dealkylation sites (tertiary alicyclic amines) is 1. The molecule has 3 atom stereocenters. The third-order valence-electron chi connectivity index (χ3n) is 6.71. The van der Waals surface area contributed by atoms with Crippen LogP contribution in [0.3, 0.4) is 0 Å². The van der Waals surface area contributed by atoms with Crippen molar-refractivity contribution in [1.82, 2.24) is 4.90 Å². The van der Waals surface area contributed by atoms with E-state index in [0.29, 0.717) is 17.7 Å². The minimum absolute atomic E-state index is 0.165. The van der Waals surface area contributed by atoms with Gasteiger partial charge in [0.15, 0.2) is 0 Å². The van der Waals surface area contributed by atoms with Crippen molar-refractivity contribution in [2.45, 2.75) is 43.6 Å². The molecule has 2 fully saturated rings. The summed E-state index contributed by atoms with van der Waals surface area (Å²) in [5, 5.41) is 19.9. The van der Waals surface area contributed by atoms with Gasteiger partial charge in [-0.3, -0.25) is 4.90 Å². The number of fused-ring (bicyclic) bond motifs is 2. The van der Waals surface area contributed by atoms with Crippen LogP contribution >= 0.6 is 0 Å². The van der Waals surface area contributed by atoms with Gasteiger partial charge in [0.05, 0.1) is 0 Å². The second-order valence-corrected chi connectivity index (χ2v) is 8.11. The summed E-state index contributed by atoms with van der Waals surface area (Å²) in [6.07, 6.45) is 5.48. The van der Waals surface area contributed by atoms with Crippen LogP contribution < -0.4 is 0 Å². The van der Waals surface area contributed by atoms with Gasteiger partial charge in [0.2, 0.25) is 0 Å². The van der Waals surface area contributed by atoms with Crippen LogP contribution in [-0.4, -0.2) is 40.9 Å². The Balaban J connectivity index is 1.52. The zero-order valence-electron chi connectivity index (χ0n) is 15.3. The highest BCUT2D eigenvalue weighted by atomic mass is 16.3. The Morgan fingerprint density at radius 3 is 2.65 bits per heavy atom. The Morgan fingerprint density at radius 1 is 1.04 bits per heavy atom. The van der Waals surface area contributed by atoms with Crippen molar-refractivity contribution in [3.63, 3.8) is 0 Å². The van der Waals surface area contributed by atoms with Gasteiger partial charge >= 0.3 is 0 Å². The van der Waals surface area contributed by atoms with Crippen LogP contribution in [0, 0.1) is 5.92 Å². The molecule has 1 saturated heterocycles. The van der Waals surface area contributed by atoms with Crippen molar-refractivity contribution >= 4 is 0 Å². The van der Waals surface area contributed by atoms with E-state index in [9.17, 15) is 10.2 Å². The van der Waals surface area contributed by atoms with Crippen molar-refractivity contribution in [2.24, 2.45) is 5.92 Å². The van der Waals surface area contributed by atoms with Crippen LogP contribution in [0.5, 0.6) is 5.75 Å². The molecule has 2 aliphatic rings. The number of hydrogen-bond acceptors (Lipinski definition) is 3. The Kier molecular flexibility index (Phi) is 5.01. The minimum atomic E-state index is 0.165. The number of rotatable bonds is 5. The van der Waals surface area contributed by atoms with E-state index >= 15 is 0 Å². The highest BCUT2D eigenvalue weighted by Crippen LogP contribution is 2.49. The van der Waals surface area contributed by atoms with Crippen LogP contribution in [-0.2, 0) is 11.8 Å². The van der Waals surface area contributed by atoms with Gasteiger partial charge in [-0.25, -0.2) is 0 Å². The fourth-order valence-corrected chi connectivity index (χ4v) is 5.15. The quantitative estimate of drug-likeness (QED) is 0.862. The molecule has 1 aliphatic heterocycles. The Hall–Kier alpha value is -1.84. The van der Waals surface area contributed by atoms with Crippen molar-refractivity contribution in [3.8, 4) is 5.75 Å². The van der Waals surface area contributed by atoms with Crippen LogP contribution in [0.15, 0.2) is 54.6 Å². The van der Waals surface area contributed by atoms with E-state index in [1.54, 1.807) is 6.07 Å². The zero-order chi connectivity index (χ0) is 18.0. The molecule has 2 aromatic carbocycles. The van der Waals surface area contributed by atoms with Crippen molar-refractivity contribution in [3.05, 3.63) is 65.7 Å². The van der Waals surface area contributed by atoms with E-state index in [4.69, 9.17) is 0 Å². The molecule has 3 heteroatoms. The zero-order valence-corrected chi connectivity index (χ0v) is 15.3. The lowest BCUT2D eigenvalue weighted by Crippen LogP contribution is -2.56. The predicted molar refractivity (Wildman–Crippen MR) is 104 cm³/mol. The van der Waals surface area contributed by atoms with Gasteiger partial charge in [-0.1, -0.05) is 42.5 Å². The van der Waals surface area contributed by atoms with Crippen LogP contribution in [0.25, 0.3) is 0 Å². The molecule has 0 aromatic heterocycles. The van der Waals surface area contributed by atoms with Gasteiger partial charge in [0, 0.05) is 19.2 Å². The molecule has 2 aromatic rings. The lowest BCUT2D eigenvalue weighted by molar-refractivity contribution is -0.00754. The number of benzene rings is 2. The normalized spacial score (nSPS) is 28.8. The fourth-order valence-electron chi connectivity index (χ4n) is 5.15. The summed E-state index contributed by atoms with van der Waals surface area (Å²) >= 11 is 0. The predicted octanol–water partition coefficient (Wildman–Crippen LogP) is 3.74. The van der Waals surface area contributed by atoms with E-state index < -0.39 is 0 Å². The second-order valence-electron chi connectivity index (χ2n) is 8.11. The molecule has 1 heterocycles. The molecule has 26 heavy (non-hydrogen) atoms. The molecule has 0 unspecified atom stereocenters. The molecular formula is C23H29NO2. The lowest BCUT2D eigenvalue weighted by atomic mass is 9.60. The van der Waals surface area contributed by atoms with Gasteiger partial charge in [-0.15, -0.1) is 0 Å². The monoisotopic (exact) mass is 351 g/mol. The molecule has 0 radical (unpaired) electrons. The maximum atomic E-state index is 9.95. The number of hydrogen-bond donors (Lipinski definition) is 2. The number of aliphatic hydroxyl groups is 1. The molecule has 0 spiro atoms. The molecule has 1 aliphatic carbocycles. The first-order valence-electron chi connectivity index (χ1n) is 9.88. The molecular weight excluding hydrogens is 322 g/mol. The fraction of sp³-hybridized carbons (Fsp3) is 0.478. The van der Waals surface area contributed by atoms with Crippen molar-refractivity contribution in [2.75, 3.05) is 19.7 Å². The minimum Gasteiger partial charge on any atom is -0.508 e. The van der Waals surface area contributed by atoms with Gasteiger partial charge in [0.1, 0.15) is 5.75 Å².